The van der Waals surface area contributed by atoms with Crippen LogP contribution < -0.4 is 5.32 Å². The Balaban J connectivity index is 3.74. The van der Waals surface area contributed by atoms with Crippen LogP contribution in [0.3, 0.4) is 0 Å². The zero-order valence-electron chi connectivity index (χ0n) is 5.70. The number of alkyl halides is 3. The van der Waals surface area contributed by atoms with Crippen LogP contribution in [0.2, 0.25) is 0 Å². The number of nitrogens with one attached hydrogen (secondary N) is 1. The van der Waals surface area contributed by atoms with E-state index in [4.69, 9.17) is 0 Å². The molecule has 1 atom stereocenters. The highest BCUT2D eigenvalue weighted by molar-refractivity contribution is 4.85. The monoisotopic (exact) mass is 153 g/mol. The Kier molecular flexibility index (Phi) is 3.42. The van der Waals surface area contributed by atoms with Crippen LogP contribution in [-0.2, 0) is 0 Å². The Morgan fingerprint density at radius 1 is 1.60 bits per heavy atom. The molecule has 0 aliphatic heterocycles. The van der Waals surface area contributed by atoms with Gasteiger partial charge in [-0.05, 0) is 7.05 Å². The van der Waals surface area contributed by atoms with E-state index in [-0.39, 0.29) is 0 Å². The molecule has 1 unspecified atom stereocenters. The third kappa shape index (κ3) is 4.38. The van der Waals surface area contributed by atoms with Gasteiger partial charge in [0.2, 0.25) is 0 Å². The molecule has 0 spiro atoms. The molecule has 0 aliphatic carbocycles. The van der Waals surface area contributed by atoms with Crippen LogP contribution in [0.25, 0.3) is 0 Å². The molecule has 0 radical (unpaired) electrons. The van der Waals surface area contributed by atoms with Crippen molar-refractivity contribution in [3.63, 3.8) is 0 Å². The second-order valence-electron chi connectivity index (χ2n) is 1.95. The topological polar surface area (TPSA) is 12.0 Å². The first-order chi connectivity index (χ1) is 4.49. The third-order valence-corrected chi connectivity index (χ3v) is 1.11. The van der Waals surface area contributed by atoms with Gasteiger partial charge in [0.15, 0.2) is 0 Å². The van der Waals surface area contributed by atoms with Gasteiger partial charge in [0, 0.05) is 6.04 Å². The Hall–Kier alpha value is -0.510. The summed E-state index contributed by atoms with van der Waals surface area (Å²) in [7, 11) is 1.47. The third-order valence-electron chi connectivity index (χ3n) is 1.11. The summed E-state index contributed by atoms with van der Waals surface area (Å²) in [5, 5.41) is 2.47. The summed E-state index contributed by atoms with van der Waals surface area (Å²) in [5.74, 6) is 0. The van der Waals surface area contributed by atoms with Crippen molar-refractivity contribution in [1.82, 2.24) is 5.32 Å². The van der Waals surface area contributed by atoms with E-state index in [2.05, 4.69) is 11.9 Å². The first-order valence-corrected chi connectivity index (χ1v) is 2.86. The number of likely N-dealkylation sites (N-methyl/N-ethyl adjacent to an activating group) is 1. The minimum absolute atomic E-state index is 0.667. The first-order valence-electron chi connectivity index (χ1n) is 2.86. The molecule has 0 aromatic heterocycles. The molecule has 10 heavy (non-hydrogen) atoms. The van der Waals surface area contributed by atoms with Crippen LogP contribution in [0.4, 0.5) is 13.2 Å². The van der Waals surface area contributed by atoms with Crippen molar-refractivity contribution < 1.29 is 13.2 Å². The van der Waals surface area contributed by atoms with Crippen molar-refractivity contribution in [3.8, 4) is 0 Å². The molecule has 0 saturated heterocycles. The largest absolute Gasteiger partial charge is 0.390 e. The molecule has 0 bridgehead atoms. The van der Waals surface area contributed by atoms with Gasteiger partial charge in [-0.3, -0.25) is 0 Å². The molecule has 1 N–H and O–H groups in total. The molecule has 0 aromatic rings. The summed E-state index contributed by atoms with van der Waals surface area (Å²) >= 11 is 0. The van der Waals surface area contributed by atoms with Crippen LogP contribution >= 0.6 is 0 Å². The fourth-order valence-corrected chi connectivity index (χ4v) is 0.553. The lowest BCUT2D eigenvalue weighted by atomic mass is 10.2. The summed E-state index contributed by atoms with van der Waals surface area (Å²) in [4.78, 5) is 0. The van der Waals surface area contributed by atoms with E-state index in [1.54, 1.807) is 0 Å². The summed E-state index contributed by atoms with van der Waals surface area (Å²) < 4.78 is 34.8. The lowest BCUT2D eigenvalue weighted by Crippen LogP contribution is -2.28. The summed E-state index contributed by atoms with van der Waals surface area (Å²) in [6, 6.07) is -0.667. The normalized spacial score (nSPS) is 14.8. The minimum atomic E-state index is -4.11. The van der Waals surface area contributed by atoms with Crippen LogP contribution in [0.5, 0.6) is 0 Å². The Morgan fingerprint density at radius 3 is 2.20 bits per heavy atom. The van der Waals surface area contributed by atoms with Gasteiger partial charge in [-0.2, -0.15) is 13.2 Å². The second-order valence-corrected chi connectivity index (χ2v) is 1.95. The SMILES string of the molecule is C=CC(CC(F)(F)F)NC. The fourth-order valence-electron chi connectivity index (χ4n) is 0.553. The highest BCUT2D eigenvalue weighted by Crippen LogP contribution is 2.21. The molecule has 0 amide bonds. The maximum Gasteiger partial charge on any atom is 0.390 e. The van der Waals surface area contributed by atoms with Gasteiger partial charge in [-0.1, -0.05) is 6.08 Å². The lowest BCUT2D eigenvalue weighted by molar-refractivity contribution is -0.137. The molecule has 0 saturated carbocycles. The van der Waals surface area contributed by atoms with Crippen molar-refractivity contribution in [2.24, 2.45) is 0 Å². The van der Waals surface area contributed by atoms with Gasteiger partial charge < -0.3 is 5.32 Å². The van der Waals surface area contributed by atoms with Crippen LogP contribution in [0.1, 0.15) is 6.42 Å². The smallest absolute Gasteiger partial charge is 0.313 e. The van der Waals surface area contributed by atoms with Gasteiger partial charge in [0.25, 0.3) is 0 Å². The maximum atomic E-state index is 11.6. The molecular weight excluding hydrogens is 143 g/mol. The highest BCUT2D eigenvalue weighted by atomic mass is 19.4. The van der Waals surface area contributed by atoms with Crippen LogP contribution in [0, 0.1) is 0 Å². The zero-order chi connectivity index (χ0) is 8.20. The van der Waals surface area contributed by atoms with E-state index < -0.39 is 18.6 Å². The fraction of sp³-hybridized carbons (Fsp3) is 0.667. The van der Waals surface area contributed by atoms with Crippen LogP contribution in [0.15, 0.2) is 12.7 Å². The molecule has 0 heterocycles. The van der Waals surface area contributed by atoms with E-state index in [0.717, 1.165) is 0 Å². The first kappa shape index (κ1) is 9.49. The molecule has 4 heteroatoms. The molecule has 0 aromatic carbocycles. The van der Waals surface area contributed by atoms with Crippen LogP contribution in [-0.4, -0.2) is 19.3 Å². The number of halogens is 3. The summed E-state index contributed by atoms with van der Waals surface area (Å²) in [6.07, 6.45) is -3.72. The van der Waals surface area contributed by atoms with Gasteiger partial charge in [-0.25, -0.2) is 0 Å². The quantitative estimate of drug-likeness (QED) is 0.608. The standard InChI is InChI=1S/C6H10F3N/c1-3-5(10-2)4-6(7,8)9/h3,5,10H,1,4H2,2H3. The van der Waals surface area contributed by atoms with E-state index in [0.29, 0.717) is 0 Å². The molecule has 0 fully saturated rings. The molecule has 60 valence electrons. The number of hydrogen-bond donors (Lipinski definition) is 1. The Bertz CT molecular complexity index is 108. The van der Waals surface area contributed by atoms with Crippen molar-refractivity contribution in [2.45, 2.75) is 18.6 Å². The summed E-state index contributed by atoms with van der Waals surface area (Å²) in [5.41, 5.74) is 0. The predicted octanol–water partition coefficient (Wildman–Crippen LogP) is 1.71. The molecule has 1 nitrogen and oxygen atoms in total. The van der Waals surface area contributed by atoms with E-state index >= 15 is 0 Å². The molecular formula is C6H10F3N. The number of rotatable bonds is 3. The highest BCUT2D eigenvalue weighted by Gasteiger charge is 2.29. The lowest BCUT2D eigenvalue weighted by Gasteiger charge is -2.12. The number of hydrogen-bond acceptors (Lipinski definition) is 1. The Morgan fingerprint density at radius 2 is 2.10 bits per heavy atom. The van der Waals surface area contributed by atoms with Gasteiger partial charge in [0.1, 0.15) is 0 Å². The van der Waals surface area contributed by atoms with Crippen molar-refractivity contribution in [3.05, 3.63) is 12.7 Å². The average molecular weight is 153 g/mol. The second kappa shape index (κ2) is 3.61. The van der Waals surface area contributed by atoms with E-state index in [1.165, 1.54) is 13.1 Å². The Labute approximate surface area is 57.9 Å². The average Bonchev–Trinajstić information content (AvgIpc) is 1.81. The zero-order valence-corrected chi connectivity index (χ0v) is 5.70. The van der Waals surface area contributed by atoms with E-state index in [9.17, 15) is 13.2 Å². The van der Waals surface area contributed by atoms with Gasteiger partial charge in [-0.15, -0.1) is 6.58 Å². The van der Waals surface area contributed by atoms with Crippen molar-refractivity contribution >= 4 is 0 Å². The summed E-state index contributed by atoms with van der Waals surface area (Å²) in [6.45, 7) is 3.25. The van der Waals surface area contributed by atoms with Crippen molar-refractivity contribution in [2.75, 3.05) is 7.05 Å². The molecule has 0 rings (SSSR count). The van der Waals surface area contributed by atoms with Crippen molar-refractivity contribution in [1.29, 1.82) is 0 Å². The predicted molar refractivity (Wildman–Crippen MR) is 33.7 cm³/mol. The van der Waals surface area contributed by atoms with E-state index in [1.807, 2.05) is 0 Å². The van der Waals surface area contributed by atoms with Gasteiger partial charge >= 0.3 is 6.18 Å². The minimum Gasteiger partial charge on any atom is -0.313 e. The molecule has 0 aliphatic rings. The van der Waals surface area contributed by atoms with Gasteiger partial charge in [0.05, 0.1) is 6.42 Å². The maximum absolute atomic E-state index is 11.6.